The normalized spacial score (nSPS) is 15.4. The van der Waals surface area contributed by atoms with Gasteiger partial charge in [-0.05, 0) is 71.5 Å². The van der Waals surface area contributed by atoms with Crippen LogP contribution in [0.2, 0.25) is 0 Å². The molecule has 0 N–H and O–H groups in total. The van der Waals surface area contributed by atoms with E-state index in [9.17, 15) is 9.18 Å². The highest BCUT2D eigenvalue weighted by atomic mass is 32.1. The molecule has 0 bridgehead atoms. The van der Waals surface area contributed by atoms with Crippen LogP contribution in [-0.2, 0) is 13.0 Å². The van der Waals surface area contributed by atoms with Crippen molar-refractivity contribution >= 4 is 23.1 Å². The highest BCUT2D eigenvalue weighted by Gasteiger charge is 2.33. The fourth-order valence-electron chi connectivity index (χ4n) is 6.16. The molecule has 1 atom stereocenters. The summed E-state index contributed by atoms with van der Waals surface area (Å²) in [6.45, 7) is 0.0604. The number of rotatable bonds is 8. The van der Waals surface area contributed by atoms with Gasteiger partial charge in [-0.15, -0.1) is 0 Å². The summed E-state index contributed by atoms with van der Waals surface area (Å²) in [4.78, 5) is 20.0. The molecule has 1 aromatic heterocycles. The quantitative estimate of drug-likeness (QED) is 0.208. The second-order valence-corrected chi connectivity index (χ2v) is 12.0. The Morgan fingerprint density at radius 2 is 1.61 bits per heavy atom. The van der Waals surface area contributed by atoms with Crippen LogP contribution >= 0.6 is 11.3 Å². The van der Waals surface area contributed by atoms with E-state index in [1.165, 1.54) is 23.0 Å². The van der Waals surface area contributed by atoms with Gasteiger partial charge in [-0.25, -0.2) is 9.38 Å². The summed E-state index contributed by atoms with van der Waals surface area (Å²) in [6, 6.07) is 25.7. The van der Waals surface area contributed by atoms with Crippen molar-refractivity contribution in [2.24, 2.45) is 4.99 Å². The van der Waals surface area contributed by atoms with Crippen LogP contribution in [0.1, 0.15) is 40.3 Å². The van der Waals surface area contributed by atoms with Gasteiger partial charge in [-0.3, -0.25) is 9.36 Å². The number of nitrogens with zero attached hydrogens (tertiary/aromatic N) is 2. The van der Waals surface area contributed by atoms with E-state index in [1.807, 2.05) is 42.5 Å². The largest absolute Gasteiger partial charge is 0.493 e. The molecule has 0 saturated carbocycles. The van der Waals surface area contributed by atoms with Crippen LogP contribution in [-0.4, -0.2) is 25.9 Å². The molecule has 1 aliphatic heterocycles. The number of thiazole rings is 1. The first-order valence-corrected chi connectivity index (χ1v) is 15.7. The third-order valence-electron chi connectivity index (χ3n) is 8.42. The molecule has 7 rings (SSSR count). The third kappa shape index (κ3) is 5.26. The Kier molecular flexibility index (Phi) is 7.92. The van der Waals surface area contributed by atoms with Crippen molar-refractivity contribution < 1.29 is 23.3 Å². The lowest BCUT2D eigenvalue weighted by atomic mass is 9.83. The number of ether oxygens (including phenoxy) is 4. The van der Waals surface area contributed by atoms with E-state index in [1.54, 1.807) is 50.2 Å². The van der Waals surface area contributed by atoms with Crippen molar-refractivity contribution in [2.75, 3.05) is 21.3 Å². The fraction of sp³-hybridized carbons (Fsp3) is 0.189. The lowest BCUT2D eigenvalue weighted by molar-refractivity contribution is 0.279. The molecule has 7 nitrogen and oxygen atoms in total. The average Bonchev–Trinajstić information content (AvgIpc) is 3.40. The zero-order valence-electron chi connectivity index (χ0n) is 25.6. The van der Waals surface area contributed by atoms with Gasteiger partial charge in [0, 0.05) is 11.1 Å². The zero-order valence-corrected chi connectivity index (χ0v) is 26.4. The smallest absolute Gasteiger partial charge is 0.271 e. The van der Waals surface area contributed by atoms with Gasteiger partial charge in [-0.2, -0.15) is 0 Å². The molecule has 46 heavy (non-hydrogen) atoms. The molecule has 0 radical (unpaired) electrons. The van der Waals surface area contributed by atoms with Crippen molar-refractivity contribution in [2.45, 2.75) is 25.5 Å². The summed E-state index contributed by atoms with van der Waals surface area (Å²) >= 11 is 1.35. The number of allylic oxidation sites excluding steroid dienone is 1. The van der Waals surface area contributed by atoms with Crippen LogP contribution in [0, 0.1) is 5.82 Å². The van der Waals surface area contributed by atoms with Gasteiger partial charge in [0.1, 0.15) is 12.4 Å². The number of aromatic nitrogens is 1. The Morgan fingerprint density at radius 3 is 2.41 bits per heavy atom. The molecule has 232 valence electrons. The summed E-state index contributed by atoms with van der Waals surface area (Å²) < 4.78 is 39.1. The van der Waals surface area contributed by atoms with Crippen molar-refractivity contribution in [3.63, 3.8) is 0 Å². The molecule has 5 aromatic rings. The van der Waals surface area contributed by atoms with E-state index in [2.05, 4.69) is 18.2 Å². The lowest BCUT2D eigenvalue weighted by Crippen LogP contribution is -2.38. The highest BCUT2D eigenvalue weighted by molar-refractivity contribution is 7.07. The molecule has 0 unspecified atom stereocenters. The van der Waals surface area contributed by atoms with E-state index in [0.29, 0.717) is 37.9 Å². The van der Waals surface area contributed by atoms with Gasteiger partial charge in [0.25, 0.3) is 5.56 Å². The number of benzene rings is 4. The standard InChI is InChI=1S/C37H31FN2O5S/c1-42-29-17-14-24(20-32(29)44-3)35-27-15-13-23-8-4-6-10-26(23)34(27)39-37-40(35)36(41)33(46-37)19-22-12-16-30(31(18-22)43-2)45-21-25-9-5-7-11-28(25)38/h4-12,14,16-20,35H,13,15,21H2,1-3H3/b33-19-/t35-/m0/s1. The Morgan fingerprint density at radius 1 is 0.870 bits per heavy atom. The molecule has 4 aromatic carbocycles. The molecule has 9 heteroatoms. The second kappa shape index (κ2) is 12.3. The molecular formula is C37H31FN2O5S. The molecule has 0 spiro atoms. The molecule has 0 amide bonds. The van der Waals surface area contributed by atoms with Crippen molar-refractivity contribution in [1.82, 2.24) is 4.57 Å². The molecule has 2 heterocycles. The van der Waals surface area contributed by atoms with Gasteiger partial charge in [0.05, 0.1) is 37.6 Å². The van der Waals surface area contributed by atoms with Gasteiger partial charge in [-0.1, -0.05) is 65.9 Å². The molecule has 1 aliphatic carbocycles. The minimum absolute atomic E-state index is 0.0604. The second-order valence-electron chi connectivity index (χ2n) is 11.0. The van der Waals surface area contributed by atoms with E-state index >= 15 is 0 Å². The molecule has 0 saturated heterocycles. The Labute approximate surface area is 269 Å². The van der Waals surface area contributed by atoms with Crippen LogP contribution in [0.3, 0.4) is 0 Å². The van der Waals surface area contributed by atoms with Crippen molar-refractivity contribution in [1.29, 1.82) is 0 Å². The number of methoxy groups -OCH3 is 3. The first-order chi connectivity index (χ1) is 22.5. The predicted octanol–water partition coefficient (Wildman–Crippen LogP) is 6.06. The van der Waals surface area contributed by atoms with Crippen molar-refractivity contribution in [3.8, 4) is 23.0 Å². The Bertz CT molecular complexity index is 2180. The highest BCUT2D eigenvalue weighted by Crippen LogP contribution is 2.43. The fourth-order valence-corrected chi connectivity index (χ4v) is 7.16. The van der Waals surface area contributed by atoms with Crippen LogP contribution < -0.4 is 33.8 Å². The van der Waals surface area contributed by atoms with Crippen LogP contribution in [0.25, 0.3) is 11.8 Å². The van der Waals surface area contributed by atoms with Crippen LogP contribution in [0.15, 0.2) is 100 Å². The monoisotopic (exact) mass is 634 g/mol. The first-order valence-electron chi connectivity index (χ1n) is 14.9. The number of aryl methyl sites for hydroxylation is 1. The van der Waals surface area contributed by atoms with Crippen molar-refractivity contribution in [3.05, 3.63) is 144 Å². The minimum atomic E-state index is -0.356. The third-order valence-corrected chi connectivity index (χ3v) is 9.41. The van der Waals surface area contributed by atoms with E-state index in [-0.39, 0.29) is 24.0 Å². The number of hydrogen-bond donors (Lipinski definition) is 0. The number of fused-ring (bicyclic) bond motifs is 3. The van der Waals surface area contributed by atoms with E-state index < -0.39 is 0 Å². The maximum Gasteiger partial charge on any atom is 0.271 e. The number of hydrogen-bond acceptors (Lipinski definition) is 7. The van der Waals surface area contributed by atoms with E-state index in [0.717, 1.165) is 40.8 Å². The summed E-state index contributed by atoms with van der Waals surface area (Å²) in [7, 11) is 4.77. The van der Waals surface area contributed by atoms with Gasteiger partial charge in [0.15, 0.2) is 27.8 Å². The zero-order chi connectivity index (χ0) is 31.8. The van der Waals surface area contributed by atoms with Crippen LogP contribution in [0.5, 0.6) is 23.0 Å². The summed E-state index contributed by atoms with van der Waals surface area (Å²) in [6.07, 6.45) is 3.49. The summed E-state index contributed by atoms with van der Waals surface area (Å²) in [5.41, 5.74) is 6.37. The first kappa shape index (κ1) is 29.6. The number of halogens is 1. The molecular weight excluding hydrogens is 603 g/mol. The summed E-state index contributed by atoms with van der Waals surface area (Å²) in [5, 5.41) is 0. The lowest BCUT2D eigenvalue weighted by Gasteiger charge is -2.31. The minimum Gasteiger partial charge on any atom is -0.493 e. The average molecular weight is 635 g/mol. The Hall–Kier alpha value is -5.15. The molecule has 0 fully saturated rings. The van der Waals surface area contributed by atoms with Gasteiger partial charge >= 0.3 is 0 Å². The van der Waals surface area contributed by atoms with Gasteiger partial charge in [0.2, 0.25) is 0 Å². The topological polar surface area (TPSA) is 71.3 Å². The van der Waals surface area contributed by atoms with E-state index in [4.69, 9.17) is 23.9 Å². The van der Waals surface area contributed by atoms with Gasteiger partial charge < -0.3 is 18.9 Å². The SMILES string of the molecule is COc1ccc([C@H]2C3=C(N=c4s/c(=C\c5ccc(OCc6ccccc6F)c(OC)c5)c(=O)n42)c2ccccc2CC3)cc1OC. The molecule has 2 aliphatic rings. The summed E-state index contributed by atoms with van der Waals surface area (Å²) in [5.74, 6) is 1.85. The maximum absolute atomic E-state index is 14.2. The predicted molar refractivity (Wildman–Crippen MR) is 176 cm³/mol. The maximum atomic E-state index is 14.2. The van der Waals surface area contributed by atoms with Crippen LogP contribution in [0.4, 0.5) is 4.39 Å². The Balaban J connectivity index is 1.33.